The molecule has 0 aromatic carbocycles. The maximum atomic E-state index is 12.0. The Bertz CT molecular complexity index is 425. The van der Waals surface area contributed by atoms with E-state index in [-0.39, 0.29) is 11.7 Å². The molecule has 1 aromatic heterocycles. The van der Waals surface area contributed by atoms with Gasteiger partial charge in [-0.25, -0.2) is 0 Å². The molecule has 17 heavy (non-hydrogen) atoms. The van der Waals surface area contributed by atoms with Crippen LogP contribution in [0.5, 0.6) is 0 Å². The number of ketones is 1. The quantitative estimate of drug-likeness (QED) is 0.796. The summed E-state index contributed by atoms with van der Waals surface area (Å²) in [5.74, 6) is 0.407. The summed E-state index contributed by atoms with van der Waals surface area (Å²) in [6.07, 6.45) is 3.87. The highest BCUT2D eigenvalue weighted by Gasteiger charge is 2.37. The molecular formula is C12H19N3O2. The van der Waals surface area contributed by atoms with Crippen LogP contribution >= 0.6 is 0 Å². The third kappa shape index (κ3) is 2.24. The van der Waals surface area contributed by atoms with Crippen molar-refractivity contribution in [1.82, 2.24) is 10.1 Å². The number of carbonyl (C=O) groups is 1. The number of carbonyl (C=O) groups excluding carboxylic acids is 1. The number of aromatic nitrogens is 2. The van der Waals surface area contributed by atoms with Crippen molar-refractivity contribution >= 4 is 5.78 Å². The maximum absolute atomic E-state index is 12.0. The van der Waals surface area contributed by atoms with E-state index >= 15 is 0 Å². The molecule has 2 N–H and O–H groups in total. The lowest BCUT2D eigenvalue weighted by atomic mass is 9.91. The zero-order chi connectivity index (χ0) is 12.7. The number of hydrogen-bond acceptors (Lipinski definition) is 5. The Morgan fingerprint density at radius 3 is 2.47 bits per heavy atom. The molecule has 1 aliphatic rings. The first-order valence-electron chi connectivity index (χ1n) is 6.01. The van der Waals surface area contributed by atoms with E-state index in [1.807, 2.05) is 20.8 Å². The minimum Gasteiger partial charge on any atom is -0.331 e. The smallest absolute Gasteiger partial charge is 0.294 e. The summed E-state index contributed by atoms with van der Waals surface area (Å²) in [4.78, 5) is 16.1. The molecule has 1 heterocycles. The van der Waals surface area contributed by atoms with Crippen LogP contribution in [0.3, 0.4) is 0 Å². The minimum atomic E-state index is -0.513. The van der Waals surface area contributed by atoms with E-state index in [2.05, 4.69) is 10.1 Å². The first-order valence-corrected chi connectivity index (χ1v) is 6.01. The van der Waals surface area contributed by atoms with Gasteiger partial charge in [-0.05, 0) is 12.8 Å². The predicted molar refractivity (Wildman–Crippen MR) is 62.4 cm³/mol. The normalized spacial score (nSPS) is 19.5. The monoisotopic (exact) mass is 237 g/mol. The van der Waals surface area contributed by atoms with Gasteiger partial charge in [0.15, 0.2) is 5.82 Å². The van der Waals surface area contributed by atoms with E-state index in [1.165, 1.54) is 0 Å². The van der Waals surface area contributed by atoms with Crippen molar-refractivity contribution in [2.45, 2.75) is 52.0 Å². The van der Waals surface area contributed by atoms with Gasteiger partial charge < -0.3 is 10.3 Å². The lowest BCUT2D eigenvalue weighted by Crippen LogP contribution is -2.34. The largest absolute Gasteiger partial charge is 0.331 e. The zero-order valence-corrected chi connectivity index (χ0v) is 10.6. The Kier molecular flexibility index (Phi) is 2.81. The van der Waals surface area contributed by atoms with Crippen LogP contribution in [0.4, 0.5) is 0 Å². The van der Waals surface area contributed by atoms with Crippen molar-refractivity contribution in [3.63, 3.8) is 0 Å². The average molecular weight is 237 g/mol. The molecule has 5 nitrogen and oxygen atoms in total. The van der Waals surface area contributed by atoms with Crippen molar-refractivity contribution in [1.29, 1.82) is 0 Å². The summed E-state index contributed by atoms with van der Waals surface area (Å²) < 4.78 is 5.04. The summed E-state index contributed by atoms with van der Waals surface area (Å²) in [5, 5.41) is 3.87. The van der Waals surface area contributed by atoms with E-state index in [4.69, 9.17) is 10.3 Å². The van der Waals surface area contributed by atoms with Crippen LogP contribution in [-0.4, -0.2) is 15.9 Å². The Morgan fingerprint density at radius 2 is 1.94 bits per heavy atom. The lowest BCUT2D eigenvalue weighted by Gasteiger charge is -2.17. The highest BCUT2D eigenvalue weighted by atomic mass is 16.5. The van der Waals surface area contributed by atoms with E-state index in [9.17, 15) is 4.79 Å². The van der Waals surface area contributed by atoms with Crippen LogP contribution in [0.15, 0.2) is 4.52 Å². The molecule has 1 saturated carbocycles. The lowest BCUT2D eigenvalue weighted by molar-refractivity contribution is 0.0811. The van der Waals surface area contributed by atoms with E-state index in [0.29, 0.717) is 5.82 Å². The van der Waals surface area contributed by atoms with Gasteiger partial charge in [0.2, 0.25) is 5.78 Å². The van der Waals surface area contributed by atoms with Gasteiger partial charge in [0, 0.05) is 5.41 Å². The fourth-order valence-corrected chi connectivity index (χ4v) is 2.07. The van der Waals surface area contributed by atoms with Crippen molar-refractivity contribution in [2.24, 2.45) is 11.1 Å². The van der Waals surface area contributed by atoms with Crippen LogP contribution < -0.4 is 5.73 Å². The second kappa shape index (κ2) is 3.91. The highest BCUT2D eigenvalue weighted by molar-refractivity contribution is 5.95. The van der Waals surface area contributed by atoms with Crippen LogP contribution in [0, 0.1) is 5.41 Å². The molecule has 0 atom stereocenters. The first-order chi connectivity index (χ1) is 7.83. The van der Waals surface area contributed by atoms with Crippen molar-refractivity contribution in [2.75, 3.05) is 0 Å². The third-order valence-corrected chi connectivity index (χ3v) is 3.24. The molecule has 1 fully saturated rings. The van der Waals surface area contributed by atoms with Crippen molar-refractivity contribution in [3.05, 3.63) is 11.7 Å². The molecule has 5 heteroatoms. The summed E-state index contributed by atoms with van der Waals surface area (Å²) in [7, 11) is 0. The number of nitrogens with zero attached hydrogens (tertiary/aromatic N) is 2. The summed E-state index contributed by atoms with van der Waals surface area (Å²) in [6.45, 7) is 5.48. The SMILES string of the molecule is CC(C)(C)C(=O)c1nc(C2(N)CCCC2)no1. The fourth-order valence-electron chi connectivity index (χ4n) is 2.07. The molecule has 2 rings (SSSR count). The molecular weight excluding hydrogens is 218 g/mol. The molecule has 0 bridgehead atoms. The Labute approximate surface area is 101 Å². The summed E-state index contributed by atoms with van der Waals surface area (Å²) in [6, 6.07) is 0. The fraction of sp³-hybridized carbons (Fsp3) is 0.750. The molecule has 0 spiro atoms. The van der Waals surface area contributed by atoms with Gasteiger partial charge in [-0.3, -0.25) is 4.79 Å². The van der Waals surface area contributed by atoms with Gasteiger partial charge in [0.05, 0.1) is 5.54 Å². The Balaban J connectivity index is 2.25. The second-order valence-electron chi connectivity index (χ2n) is 5.87. The third-order valence-electron chi connectivity index (χ3n) is 3.24. The van der Waals surface area contributed by atoms with E-state index in [1.54, 1.807) is 0 Å². The van der Waals surface area contributed by atoms with Gasteiger partial charge in [0.25, 0.3) is 5.89 Å². The van der Waals surface area contributed by atoms with Crippen LogP contribution in [0.2, 0.25) is 0 Å². The van der Waals surface area contributed by atoms with E-state index < -0.39 is 11.0 Å². The standard InChI is InChI=1S/C12H19N3O2/c1-11(2,3)8(16)9-14-10(15-17-9)12(13)6-4-5-7-12/h4-7,13H2,1-3H3. The van der Waals surface area contributed by atoms with Gasteiger partial charge in [0.1, 0.15) is 0 Å². The van der Waals surface area contributed by atoms with Gasteiger partial charge in [-0.15, -0.1) is 0 Å². The first kappa shape index (κ1) is 12.2. The molecule has 0 unspecified atom stereocenters. The maximum Gasteiger partial charge on any atom is 0.294 e. The van der Waals surface area contributed by atoms with Gasteiger partial charge >= 0.3 is 0 Å². The molecule has 0 radical (unpaired) electrons. The number of hydrogen-bond donors (Lipinski definition) is 1. The molecule has 0 aliphatic heterocycles. The van der Waals surface area contributed by atoms with Crippen LogP contribution in [-0.2, 0) is 5.54 Å². The highest BCUT2D eigenvalue weighted by Crippen LogP contribution is 2.34. The minimum absolute atomic E-state index is 0.0734. The molecule has 1 aromatic rings. The zero-order valence-electron chi connectivity index (χ0n) is 10.6. The van der Waals surface area contributed by atoms with Crippen molar-refractivity contribution in [3.8, 4) is 0 Å². The van der Waals surface area contributed by atoms with Gasteiger partial charge in [-0.2, -0.15) is 4.98 Å². The predicted octanol–water partition coefficient (Wildman–Crippen LogP) is 2.03. The average Bonchev–Trinajstić information content (AvgIpc) is 2.84. The topological polar surface area (TPSA) is 82.0 Å². The Morgan fingerprint density at radius 1 is 1.35 bits per heavy atom. The van der Waals surface area contributed by atoms with E-state index in [0.717, 1.165) is 25.7 Å². The number of rotatable bonds is 2. The van der Waals surface area contributed by atoms with Gasteiger partial charge in [-0.1, -0.05) is 38.8 Å². The molecule has 0 amide bonds. The summed E-state index contributed by atoms with van der Waals surface area (Å²) >= 11 is 0. The number of Topliss-reactive ketones (excluding diaryl/α,β-unsaturated/α-hetero) is 1. The molecule has 1 aliphatic carbocycles. The van der Waals surface area contributed by atoms with Crippen LogP contribution in [0.25, 0.3) is 0 Å². The second-order valence-corrected chi connectivity index (χ2v) is 5.87. The van der Waals surface area contributed by atoms with Crippen molar-refractivity contribution < 1.29 is 9.32 Å². The van der Waals surface area contributed by atoms with Crippen LogP contribution in [0.1, 0.15) is 63.0 Å². The summed E-state index contributed by atoms with van der Waals surface area (Å²) in [5.41, 5.74) is 5.19. The Hall–Kier alpha value is -1.23. The molecule has 0 saturated heterocycles. The molecule has 94 valence electrons. The number of nitrogens with two attached hydrogens (primary N) is 1.